The van der Waals surface area contributed by atoms with Crippen LogP contribution in [0, 0.1) is 0 Å². The predicted molar refractivity (Wildman–Crippen MR) is 126 cm³/mol. The molecule has 0 unspecified atom stereocenters. The number of benzene rings is 3. The van der Waals surface area contributed by atoms with Gasteiger partial charge in [0, 0.05) is 41.0 Å². The summed E-state index contributed by atoms with van der Waals surface area (Å²) in [4.78, 5) is 39.0. The van der Waals surface area contributed by atoms with Crippen molar-refractivity contribution in [2.75, 3.05) is 19.5 Å². The Bertz CT molecular complexity index is 1370. The molecule has 1 N–H and O–H groups in total. The Morgan fingerprint density at radius 1 is 0.879 bits per heavy atom. The van der Waals surface area contributed by atoms with Gasteiger partial charge in [-0.25, -0.2) is 0 Å². The van der Waals surface area contributed by atoms with E-state index in [0.717, 1.165) is 0 Å². The van der Waals surface area contributed by atoms with Gasteiger partial charge >= 0.3 is 0 Å². The van der Waals surface area contributed by atoms with Crippen LogP contribution in [-0.4, -0.2) is 30.5 Å². The average molecular weight is 442 g/mol. The molecule has 1 amide bonds. The van der Waals surface area contributed by atoms with Crippen LogP contribution in [0.5, 0.6) is 11.5 Å². The van der Waals surface area contributed by atoms with Crippen molar-refractivity contribution in [2.45, 2.75) is 6.54 Å². The Hall–Kier alpha value is -4.39. The Morgan fingerprint density at radius 3 is 2.18 bits per heavy atom. The summed E-state index contributed by atoms with van der Waals surface area (Å²) in [6, 6.07) is 20.5. The van der Waals surface area contributed by atoms with Crippen LogP contribution in [-0.2, 0) is 11.3 Å². The molecule has 0 fully saturated rings. The fourth-order valence-corrected chi connectivity index (χ4v) is 3.62. The zero-order chi connectivity index (χ0) is 23.4. The molecule has 0 bridgehead atoms. The van der Waals surface area contributed by atoms with E-state index in [2.05, 4.69) is 5.32 Å². The van der Waals surface area contributed by atoms with Gasteiger partial charge in [-0.2, -0.15) is 0 Å². The quantitative estimate of drug-likeness (QED) is 0.439. The lowest BCUT2D eigenvalue weighted by Crippen LogP contribution is -2.24. The summed E-state index contributed by atoms with van der Waals surface area (Å²) in [5.74, 6) is 0.346. The van der Waals surface area contributed by atoms with Crippen molar-refractivity contribution in [3.63, 3.8) is 0 Å². The van der Waals surface area contributed by atoms with Gasteiger partial charge in [0.1, 0.15) is 18.0 Å². The number of aromatic nitrogens is 1. The van der Waals surface area contributed by atoms with Crippen LogP contribution < -0.4 is 20.2 Å². The van der Waals surface area contributed by atoms with E-state index in [-0.39, 0.29) is 23.4 Å². The SMILES string of the molecule is COc1cc(NC(=O)Cn2cc(C(=O)c3ccccc3)c(=O)c3ccccc32)cc(OC)c1. The normalized spacial score (nSPS) is 10.6. The number of methoxy groups -OCH3 is 2. The van der Waals surface area contributed by atoms with Gasteiger partial charge in [0.15, 0.2) is 5.78 Å². The largest absolute Gasteiger partial charge is 0.497 e. The van der Waals surface area contributed by atoms with Crippen molar-refractivity contribution in [1.82, 2.24) is 4.57 Å². The van der Waals surface area contributed by atoms with Crippen molar-refractivity contribution in [3.05, 3.63) is 100 Å². The fourth-order valence-electron chi connectivity index (χ4n) is 3.62. The molecule has 0 aliphatic heterocycles. The molecule has 0 aliphatic rings. The molecular formula is C26H22N2O5. The molecule has 0 aliphatic carbocycles. The van der Waals surface area contributed by atoms with Crippen LogP contribution in [0.4, 0.5) is 5.69 Å². The molecule has 4 rings (SSSR count). The standard InChI is InChI=1S/C26H22N2O5/c1-32-19-12-18(13-20(14-19)33-2)27-24(29)16-28-15-22(25(30)17-8-4-3-5-9-17)26(31)21-10-6-7-11-23(21)28/h3-15H,16H2,1-2H3,(H,27,29). The maximum atomic E-state index is 13.1. The zero-order valence-corrected chi connectivity index (χ0v) is 18.2. The Labute approximate surface area is 190 Å². The van der Waals surface area contributed by atoms with Crippen LogP contribution in [0.2, 0.25) is 0 Å². The summed E-state index contributed by atoms with van der Waals surface area (Å²) in [7, 11) is 3.05. The minimum absolute atomic E-state index is 0.00995. The molecule has 0 spiro atoms. The number of amides is 1. The molecule has 33 heavy (non-hydrogen) atoms. The minimum Gasteiger partial charge on any atom is -0.497 e. The van der Waals surface area contributed by atoms with E-state index in [1.807, 2.05) is 0 Å². The summed E-state index contributed by atoms with van der Waals surface area (Å²) in [6.45, 7) is -0.102. The lowest BCUT2D eigenvalue weighted by Gasteiger charge is -2.14. The van der Waals surface area contributed by atoms with E-state index in [1.165, 1.54) is 20.4 Å². The van der Waals surface area contributed by atoms with Gasteiger partial charge in [-0.15, -0.1) is 0 Å². The van der Waals surface area contributed by atoms with Crippen LogP contribution in [0.3, 0.4) is 0 Å². The summed E-state index contributed by atoms with van der Waals surface area (Å²) in [6.07, 6.45) is 1.45. The smallest absolute Gasteiger partial charge is 0.244 e. The molecule has 3 aromatic carbocycles. The van der Waals surface area contributed by atoms with Gasteiger partial charge in [-0.3, -0.25) is 14.4 Å². The Balaban J connectivity index is 1.70. The number of ether oxygens (including phenoxy) is 2. The van der Waals surface area contributed by atoms with Gasteiger partial charge in [-0.1, -0.05) is 42.5 Å². The maximum Gasteiger partial charge on any atom is 0.244 e. The van der Waals surface area contributed by atoms with E-state index in [1.54, 1.807) is 77.4 Å². The average Bonchev–Trinajstić information content (AvgIpc) is 2.85. The zero-order valence-electron chi connectivity index (χ0n) is 18.2. The number of nitrogens with zero attached hydrogens (tertiary/aromatic N) is 1. The first-order valence-electron chi connectivity index (χ1n) is 10.2. The van der Waals surface area contributed by atoms with Crippen molar-refractivity contribution in [1.29, 1.82) is 0 Å². The number of nitrogens with one attached hydrogen (secondary N) is 1. The first-order chi connectivity index (χ1) is 16.0. The van der Waals surface area contributed by atoms with E-state index >= 15 is 0 Å². The lowest BCUT2D eigenvalue weighted by atomic mass is 10.0. The molecular weight excluding hydrogens is 420 g/mol. The van der Waals surface area contributed by atoms with Crippen LogP contribution in [0.1, 0.15) is 15.9 Å². The number of rotatable bonds is 7. The monoisotopic (exact) mass is 442 g/mol. The number of ketones is 1. The number of hydrogen-bond acceptors (Lipinski definition) is 5. The molecule has 1 aromatic heterocycles. The molecule has 0 radical (unpaired) electrons. The summed E-state index contributed by atoms with van der Waals surface area (Å²) in [5.41, 5.74) is 1.11. The Kier molecular flexibility index (Phi) is 6.22. The van der Waals surface area contributed by atoms with Crippen molar-refractivity contribution in [3.8, 4) is 11.5 Å². The van der Waals surface area contributed by atoms with Gasteiger partial charge in [-0.05, 0) is 12.1 Å². The summed E-state index contributed by atoms with van der Waals surface area (Å²) >= 11 is 0. The number of pyridine rings is 1. The molecule has 0 atom stereocenters. The molecule has 1 heterocycles. The second-order valence-corrected chi connectivity index (χ2v) is 7.36. The maximum absolute atomic E-state index is 13.1. The molecule has 4 aromatic rings. The third-order valence-corrected chi connectivity index (χ3v) is 5.22. The molecule has 166 valence electrons. The topological polar surface area (TPSA) is 86.6 Å². The number of carbonyl (C=O) groups is 2. The molecule has 0 saturated heterocycles. The number of hydrogen-bond donors (Lipinski definition) is 1. The van der Waals surface area contributed by atoms with Gasteiger partial charge in [0.05, 0.1) is 25.3 Å². The van der Waals surface area contributed by atoms with Crippen LogP contribution in [0.15, 0.2) is 83.8 Å². The molecule has 0 saturated carbocycles. The highest BCUT2D eigenvalue weighted by atomic mass is 16.5. The second-order valence-electron chi connectivity index (χ2n) is 7.36. The number of carbonyl (C=O) groups excluding carboxylic acids is 2. The van der Waals surface area contributed by atoms with E-state index in [4.69, 9.17) is 9.47 Å². The Morgan fingerprint density at radius 2 is 1.52 bits per heavy atom. The molecule has 7 heteroatoms. The number of anilines is 1. The highest BCUT2D eigenvalue weighted by Gasteiger charge is 2.18. The summed E-state index contributed by atoms with van der Waals surface area (Å²) in [5, 5.41) is 3.19. The van der Waals surface area contributed by atoms with Crippen LogP contribution in [0.25, 0.3) is 10.9 Å². The van der Waals surface area contributed by atoms with E-state index in [9.17, 15) is 14.4 Å². The third kappa shape index (κ3) is 4.62. The van der Waals surface area contributed by atoms with E-state index in [0.29, 0.717) is 33.7 Å². The number of para-hydroxylation sites is 1. The third-order valence-electron chi connectivity index (χ3n) is 5.22. The van der Waals surface area contributed by atoms with E-state index < -0.39 is 5.78 Å². The summed E-state index contributed by atoms with van der Waals surface area (Å²) < 4.78 is 12.1. The first-order valence-corrected chi connectivity index (χ1v) is 10.2. The van der Waals surface area contributed by atoms with Gasteiger partial charge in [0.2, 0.25) is 11.3 Å². The van der Waals surface area contributed by atoms with Gasteiger partial charge in [0.25, 0.3) is 0 Å². The highest BCUT2D eigenvalue weighted by molar-refractivity contribution is 6.10. The second kappa shape index (κ2) is 9.40. The molecule has 7 nitrogen and oxygen atoms in total. The predicted octanol–water partition coefficient (Wildman–Crippen LogP) is 3.89. The number of fused-ring (bicyclic) bond motifs is 1. The minimum atomic E-state index is -0.391. The van der Waals surface area contributed by atoms with Crippen LogP contribution >= 0.6 is 0 Å². The lowest BCUT2D eigenvalue weighted by molar-refractivity contribution is -0.116. The fraction of sp³-hybridized carbons (Fsp3) is 0.115. The van der Waals surface area contributed by atoms with Crippen molar-refractivity contribution < 1.29 is 19.1 Å². The van der Waals surface area contributed by atoms with Gasteiger partial charge < -0.3 is 19.4 Å². The van der Waals surface area contributed by atoms with Crippen molar-refractivity contribution >= 4 is 28.3 Å². The highest BCUT2D eigenvalue weighted by Crippen LogP contribution is 2.26. The first kappa shape index (κ1) is 21.8. The van der Waals surface area contributed by atoms with Crippen molar-refractivity contribution in [2.24, 2.45) is 0 Å².